The van der Waals surface area contributed by atoms with E-state index in [-0.39, 0.29) is 0 Å². The first-order valence-corrected chi connectivity index (χ1v) is 6.77. The molecule has 3 nitrogen and oxygen atoms in total. The van der Waals surface area contributed by atoms with Crippen LogP contribution in [0, 0.1) is 11.3 Å². The van der Waals surface area contributed by atoms with Crippen molar-refractivity contribution in [2.75, 3.05) is 11.1 Å². The van der Waals surface area contributed by atoms with Gasteiger partial charge in [0.2, 0.25) is 0 Å². The fraction of sp³-hybridized carbons (Fsp3) is 0.533. The van der Waals surface area contributed by atoms with Gasteiger partial charge < -0.3 is 11.1 Å². The molecular weight excluding hydrogens is 222 g/mol. The second kappa shape index (κ2) is 7.60. The minimum atomic E-state index is 0.450. The molecule has 1 aromatic rings. The molecule has 98 valence electrons. The van der Waals surface area contributed by atoms with E-state index in [0.29, 0.717) is 17.3 Å². The highest BCUT2D eigenvalue weighted by Crippen LogP contribution is 2.23. The molecule has 1 rings (SSSR count). The molecule has 0 radical (unpaired) electrons. The van der Waals surface area contributed by atoms with Crippen LogP contribution in [-0.2, 0) is 0 Å². The van der Waals surface area contributed by atoms with Gasteiger partial charge in [-0.25, -0.2) is 0 Å². The van der Waals surface area contributed by atoms with Gasteiger partial charge >= 0.3 is 0 Å². The molecular formula is C15H23N3. The average molecular weight is 245 g/mol. The number of benzene rings is 1. The quantitative estimate of drug-likeness (QED) is 0.716. The van der Waals surface area contributed by atoms with E-state index in [4.69, 9.17) is 11.0 Å². The Morgan fingerprint density at radius 1 is 1.28 bits per heavy atom. The van der Waals surface area contributed by atoms with E-state index in [1.165, 1.54) is 12.8 Å². The zero-order valence-corrected chi connectivity index (χ0v) is 11.4. The van der Waals surface area contributed by atoms with Crippen LogP contribution in [0.15, 0.2) is 18.2 Å². The van der Waals surface area contributed by atoms with E-state index in [9.17, 15) is 0 Å². The van der Waals surface area contributed by atoms with Crippen LogP contribution >= 0.6 is 0 Å². The summed E-state index contributed by atoms with van der Waals surface area (Å²) in [5.74, 6) is 0. The van der Waals surface area contributed by atoms with Crippen LogP contribution < -0.4 is 11.1 Å². The number of unbranched alkanes of at least 4 members (excludes halogenated alkanes) is 1. The van der Waals surface area contributed by atoms with Gasteiger partial charge in [-0.1, -0.05) is 33.1 Å². The maximum Gasteiger partial charge on any atom is 0.0992 e. The Morgan fingerprint density at radius 2 is 2.06 bits per heavy atom. The molecule has 0 amide bonds. The zero-order chi connectivity index (χ0) is 13.4. The Kier molecular flexibility index (Phi) is 6.07. The van der Waals surface area contributed by atoms with Gasteiger partial charge in [0.1, 0.15) is 0 Å². The van der Waals surface area contributed by atoms with Gasteiger partial charge in [0.15, 0.2) is 0 Å². The van der Waals surface area contributed by atoms with Crippen molar-refractivity contribution in [3.05, 3.63) is 23.8 Å². The van der Waals surface area contributed by atoms with Crippen LogP contribution in [0.25, 0.3) is 0 Å². The Bertz CT molecular complexity index is 407. The molecule has 1 aromatic carbocycles. The fourth-order valence-electron chi connectivity index (χ4n) is 2.06. The summed E-state index contributed by atoms with van der Waals surface area (Å²) in [6.07, 6.45) is 5.86. The molecule has 0 aliphatic rings. The molecule has 0 spiro atoms. The maximum absolute atomic E-state index is 8.91. The molecule has 3 N–H and O–H groups in total. The smallest absolute Gasteiger partial charge is 0.0992 e. The summed E-state index contributed by atoms with van der Waals surface area (Å²) in [6.45, 7) is 4.39. The molecule has 0 aromatic heterocycles. The normalized spacial score (nSPS) is 11.8. The Hall–Kier alpha value is -1.69. The van der Waals surface area contributed by atoms with Gasteiger partial charge in [-0.05, 0) is 31.0 Å². The predicted molar refractivity (Wildman–Crippen MR) is 77.4 cm³/mol. The molecule has 1 unspecified atom stereocenters. The summed E-state index contributed by atoms with van der Waals surface area (Å²) in [6, 6.07) is 7.98. The van der Waals surface area contributed by atoms with E-state index >= 15 is 0 Å². The first kappa shape index (κ1) is 14.4. The average Bonchev–Trinajstić information content (AvgIpc) is 2.38. The van der Waals surface area contributed by atoms with Gasteiger partial charge in [0, 0.05) is 6.04 Å². The van der Waals surface area contributed by atoms with E-state index in [0.717, 1.165) is 24.9 Å². The molecule has 0 saturated carbocycles. The number of nitrogens with zero attached hydrogens (tertiary/aromatic N) is 1. The second-order valence-electron chi connectivity index (χ2n) is 4.69. The summed E-state index contributed by atoms with van der Waals surface area (Å²) in [4.78, 5) is 0. The minimum Gasteiger partial charge on any atom is -0.397 e. The molecule has 0 aliphatic heterocycles. The number of nitrogens with one attached hydrogen (secondary N) is 1. The van der Waals surface area contributed by atoms with Crippen molar-refractivity contribution in [3.63, 3.8) is 0 Å². The van der Waals surface area contributed by atoms with Crippen LogP contribution in [0.4, 0.5) is 11.4 Å². The monoisotopic (exact) mass is 245 g/mol. The van der Waals surface area contributed by atoms with Crippen LogP contribution in [0.5, 0.6) is 0 Å². The lowest BCUT2D eigenvalue weighted by Gasteiger charge is -2.20. The van der Waals surface area contributed by atoms with Crippen LogP contribution in [0.1, 0.15) is 51.5 Å². The van der Waals surface area contributed by atoms with Crippen molar-refractivity contribution in [3.8, 4) is 6.07 Å². The number of nitriles is 1. The van der Waals surface area contributed by atoms with Gasteiger partial charge in [0.05, 0.1) is 23.0 Å². The van der Waals surface area contributed by atoms with E-state index in [2.05, 4.69) is 25.2 Å². The Labute approximate surface area is 110 Å². The van der Waals surface area contributed by atoms with Gasteiger partial charge in [0.25, 0.3) is 0 Å². The summed E-state index contributed by atoms with van der Waals surface area (Å²) in [5, 5.41) is 12.4. The first-order valence-electron chi connectivity index (χ1n) is 6.77. The Balaban J connectivity index is 2.75. The molecule has 0 bridgehead atoms. The lowest BCUT2D eigenvalue weighted by Crippen LogP contribution is -2.20. The number of hydrogen-bond donors (Lipinski definition) is 2. The van der Waals surface area contributed by atoms with Gasteiger partial charge in [-0.15, -0.1) is 0 Å². The third-order valence-corrected chi connectivity index (χ3v) is 3.09. The Morgan fingerprint density at radius 3 is 2.67 bits per heavy atom. The fourth-order valence-corrected chi connectivity index (χ4v) is 2.06. The first-order chi connectivity index (χ1) is 8.71. The van der Waals surface area contributed by atoms with Gasteiger partial charge in [-0.2, -0.15) is 5.26 Å². The summed E-state index contributed by atoms with van der Waals surface area (Å²) in [7, 11) is 0. The van der Waals surface area contributed by atoms with Crippen molar-refractivity contribution in [1.29, 1.82) is 5.26 Å². The molecule has 0 aliphatic carbocycles. The number of rotatable bonds is 7. The molecule has 3 heteroatoms. The lowest BCUT2D eigenvalue weighted by atomic mass is 10.0. The van der Waals surface area contributed by atoms with Crippen molar-refractivity contribution in [2.45, 2.75) is 52.0 Å². The topological polar surface area (TPSA) is 61.8 Å². The van der Waals surface area contributed by atoms with Crippen molar-refractivity contribution < 1.29 is 0 Å². The lowest BCUT2D eigenvalue weighted by molar-refractivity contribution is 0.564. The highest BCUT2D eigenvalue weighted by molar-refractivity contribution is 5.68. The molecule has 1 atom stereocenters. The SMILES string of the molecule is CCCCC(CCC)Nc1cc(C#N)ccc1N. The van der Waals surface area contributed by atoms with Crippen LogP contribution in [0.2, 0.25) is 0 Å². The summed E-state index contributed by atoms with van der Waals surface area (Å²) in [5.41, 5.74) is 8.20. The number of nitrogens with two attached hydrogens (primary N) is 1. The van der Waals surface area contributed by atoms with Crippen molar-refractivity contribution >= 4 is 11.4 Å². The molecule has 0 fully saturated rings. The van der Waals surface area contributed by atoms with E-state index in [1.54, 1.807) is 12.1 Å². The highest BCUT2D eigenvalue weighted by atomic mass is 14.9. The third kappa shape index (κ3) is 4.29. The maximum atomic E-state index is 8.91. The zero-order valence-electron chi connectivity index (χ0n) is 11.4. The van der Waals surface area contributed by atoms with Crippen LogP contribution in [0.3, 0.4) is 0 Å². The van der Waals surface area contributed by atoms with Gasteiger partial charge in [-0.3, -0.25) is 0 Å². The third-order valence-electron chi connectivity index (χ3n) is 3.09. The summed E-state index contributed by atoms with van der Waals surface area (Å²) < 4.78 is 0. The van der Waals surface area contributed by atoms with Crippen molar-refractivity contribution in [1.82, 2.24) is 0 Å². The second-order valence-corrected chi connectivity index (χ2v) is 4.69. The summed E-state index contributed by atoms with van der Waals surface area (Å²) >= 11 is 0. The largest absolute Gasteiger partial charge is 0.397 e. The number of hydrogen-bond acceptors (Lipinski definition) is 3. The standard InChI is InChI=1S/C15H23N3/c1-3-5-7-13(6-4-2)18-15-10-12(11-16)8-9-14(15)17/h8-10,13,18H,3-7,17H2,1-2H3. The number of nitrogen functional groups attached to an aromatic ring is 1. The predicted octanol–water partition coefficient (Wildman–Crippen LogP) is 3.91. The molecule has 0 heterocycles. The minimum absolute atomic E-state index is 0.450. The van der Waals surface area contributed by atoms with Crippen molar-refractivity contribution in [2.24, 2.45) is 0 Å². The highest BCUT2D eigenvalue weighted by Gasteiger charge is 2.09. The number of anilines is 2. The van der Waals surface area contributed by atoms with E-state index in [1.807, 2.05) is 6.07 Å². The van der Waals surface area contributed by atoms with E-state index < -0.39 is 0 Å². The van der Waals surface area contributed by atoms with Crippen LogP contribution in [-0.4, -0.2) is 6.04 Å². The molecule has 0 saturated heterocycles. The molecule has 18 heavy (non-hydrogen) atoms.